The van der Waals surface area contributed by atoms with E-state index in [1.54, 1.807) is 7.11 Å². The lowest BCUT2D eigenvalue weighted by Crippen LogP contribution is -1.99. The molecule has 0 aliphatic rings. The van der Waals surface area contributed by atoms with Crippen molar-refractivity contribution in [3.05, 3.63) is 35.0 Å². The molecule has 0 radical (unpaired) electrons. The number of nitrogens with zero attached hydrogens (tertiary/aromatic N) is 1. The summed E-state index contributed by atoms with van der Waals surface area (Å²) in [5.74, 6) is 0.772. The van der Waals surface area contributed by atoms with Crippen LogP contribution in [-0.4, -0.2) is 18.7 Å². The van der Waals surface area contributed by atoms with Gasteiger partial charge in [0.25, 0.3) is 0 Å². The maximum absolute atomic E-state index is 6.25. The molecule has 18 heavy (non-hydrogen) atoms. The van der Waals surface area contributed by atoms with Gasteiger partial charge >= 0.3 is 0 Å². The number of ether oxygens (including phenoxy) is 2. The van der Waals surface area contributed by atoms with E-state index in [1.165, 1.54) is 0 Å². The Morgan fingerprint density at radius 3 is 2.89 bits per heavy atom. The highest BCUT2D eigenvalue weighted by Crippen LogP contribution is 2.30. The molecule has 96 valence electrons. The standard InChI is InChI=1S/C14H16ClNO2/c1-3-7-18-13-6-4-5-11-12(15)8-10(9-17-2)16-14(11)13/h4-6,8H,3,7,9H2,1-2H3. The maximum atomic E-state index is 6.25. The fourth-order valence-electron chi connectivity index (χ4n) is 1.78. The largest absolute Gasteiger partial charge is 0.491 e. The average Bonchev–Trinajstić information content (AvgIpc) is 2.37. The molecule has 1 aromatic heterocycles. The van der Waals surface area contributed by atoms with Gasteiger partial charge < -0.3 is 9.47 Å². The van der Waals surface area contributed by atoms with Crippen molar-refractivity contribution in [2.45, 2.75) is 20.0 Å². The first-order valence-electron chi connectivity index (χ1n) is 5.96. The third-order valence-electron chi connectivity index (χ3n) is 2.56. The number of methoxy groups -OCH3 is 1. The van der Waals surface area contributed by atoms with Gasteiger partial charge in [-0.2, -0.15) is 0 Å². The van der Waals surface area contributed by atoms with E-state index in [4.69, 9.17) is 21.1 Å². The van der Waals surface area contributed by atoms with Gasteiger partial charge in [0.1, 0.15) is 11.3 Å². The number of rotatable bonds is 5. The zero-order valence-corrected chi connectivity index (χ0v) is 11.3. The Balaban J connectivity index is 2.51. The Bertz CT molecular complexity index is 543. The smallest absolute Gasteiger partial charge is 0.145 e. The summed E-state index contributed by atoms with van der Waals surface area (Å²) in [5, 5.41) is 1.58. The molecule has 0 bridgehead atoms. The Hall–Kier alpha value is -1.32. The molecule has 0 unspecified atom stereocenters. The first-order chi connectivity index (χ1) is 8.76. The molecule has 0 N–H and O–H groups in total. The quantitative estimate of drug-likeness (QED) is 0.823. The van der Waals surface area contributed by atoms with Crippen molar-refractivity contribution in [2.24, 2.45) is 0 Å². The van der Waals surface area contributed by atoms with E-state index in [-0.39, 0.29) is 0 Å². The SMILES string of the molecule is CCCOc1cccc2c(Cl)cc(COC)nc12. The van der Waals surface area contributed by atoms with E-state index in [0.717, 1.165) is 28.8 Å². The summed E-state index contributed by atoms with van der Waals surface area (Å²) < 4.78 is 10.8. The third kappa shape index (κ3) is 2.74. The average molecular weight is 266 g/mol. The topological polar surface area (TPSA) is 31.4 Å². The number of aromatic nitrogens is 1. The van der Waals surface area contributed by atoms with Gasteiger partial charge in [0.05, 0.1) is 23.9 Å². The number of hydrogen-bond donors (Lipinski definition) is 0. The second-order valence-corrected chi connectivity index (χ2v) is 4.44. The minimum Gasteiger partial charge on any atom is -0.491 e. The molecule has 0 saturated carbocycles. The summed E-state index contributed by atoms with van der Waals surface area (Å²) in [4.78, 5) is 4.54. The van der Waals surface area contributed by atoms with E-state index in [0.29, 0.717) is 18.2 Å². The lowest BCUT2D eigenvalue weighted by atomic mass is 10.2. The summed E-state index contributed by atoms with van der Waals surface area (Å²) in [6.07, 6.45) is 0.960. The Morgan fingerprint density at radius 1 is 1.33 bits per heavy atom. The molecule has 1 aromatic carbocycles. The van der Waals surface area contributed by atoms with Gasteiger partial charge in [-0.1, -0.05) is 30.7 Å². The molecule has 2 rings (SSSR count). The van der Waals surface area contributed by atoms with Gasteiger partial charge in [0, 0.05) is 12.5 Å². The number of para-hydroxylation sites is 1. The number of halogens is 1. The van der Waals surface area contributed by atoms with Crippen LogP contribution in [0.2, 0.25) is 5.02 Å². The molecule has 0 saturated heterocycles. The summed E-state index contributed by atoms with van der Waals surface area (Å²) >= 11 is 6.25. The normalized spacial score (nSPS) is 10.8. The summed E-state index contributed by atoms with van der Waals surface area (Å²) in [7, 11) is 1.64. The van der Waals surface area contributed by atoms with Crippen LogP contribution in [0.15, 0.2) is 24.3 Å². The molecular weight excluding hydrogens is 250 g/mol. The van der Waals surface area contributed by atoms with E-state index in [2.05, 4.69) is 11.9 Å². The highest BCUT2D eigenvalue weighted by atomic mass is 35.5. The first-order valence-corrected chi connectivity index (χ1v) is 6.34. The van der Waals surface area contributed by atoms with Crippen LogP contribution >= 0.6 is 11.6 Å². The lowest BCUT2D eigenvalue weighted by Gasteiger charge is -2.10. The summed E-state index contributed by atoms with van der Waals surface area (Å²) in [6, 6.07) is 7.62. The minimum atomic E-state index is 0.442. The van der Waals surface area contributed by atoms with Crippen LogP contribution < -0.4 is 4.74 Å². The van der Waals surface area contributed by atoms with E-state index < -0.39 is 0 Å². The van der Waals surface area contributed by atoms with Crippen molar-refractivity contribution in [3.63, 3.8) is 0 Å². The van der Waals surface area contributed by atoms with Gasteiger partial charge in [-0.25, -0.2) is 4.98 Å². The number of benzene rings is 1. The van der Waals surface area contributed by atoms with Crippen LogP contribution in [0, 0.1) is 0 Å². The zero-order chi connectivity index (χ0) is 13.0. The minimum absolute atomic E-state index is 0.442. The summed E-state index contributed by atoms with van der Waals surface area (Å²) in [5.41, 5.74) is 1.60. The molecule has 0 aliphatic carbocycles. The van der Waals surface area contributed by atoms with Crippen molar-refractivity contribution in [1.82, 2.24) is 4.98 Å². The predicted molar refractivity (Wildman–Crippen MR) is 73.3 cm³/mol. The molecular formula is C14H16ClNO2. The highest BCUT2D eigenvalue weighted by molar-refractivity contribution is 6.35. The second-order valence-electron chi connectivity index (χ2n) is 4.03. The number of pyridine rings is 1. The van der Waals surface area contributed by atoms with Gasteiger partial charge in [0.15, 0.2) is 0 Å². The predicted octanol–water partition coefficient (Wildman–Crippen LogP) is 3.82. The van der Waals surface area contributed by atoms with Gasteiger partial charge in [0.2, 0.25) is 0 Å². The first kappa shape index (κ1) is 13.1. The van der Waals surface area contributed by atoms with Gasteiger partial charge in [-0.15, -0.1) is 0 Å². The van der Waals surface area contributed by atoms with E-state index in [1.807, 2.05) is 24.3 Å². The van der Waals surface area contributed by atoms with Crippen molar-refractivity contribution in [3.8, 4) is 5.75 Å². The van der Waals surface area contributed by atoms with Gasteiger partial charge in [-0.05, 0) is 18.6 Å². The highest BCUT2D eigenvalue weighted by Gasteiger charge is 2.09. The number of fused-ring (bicyclic) bond motifs is 1. The molecule has 0 amide bonds. The van der Waals surface area contributed by atoms with Crippen molar-refractivity contribution in [2.75, 3.05) is 13.7 Å². The molecule has 1 heterocycles. The molecule has 0 fully saturated rings. The third-order valence-corrected chi connectivity index (χ3v) is 2.87. The monoisotopic (exact) mass is 265 g/mol. The van der Waals surface area contributed by atoms with Gasteiger partial charge in [-0.3, -0.25) is 0 Å². The Kier molecular flexibility index (Phi) is 4.39. The van der Waals surface area contributed by atoms with Crippen molar-refractivity contribution in [1.29, 1.82) is 0 Å². The molecule has 0 atom stereocenters. The lowest BCUT2D eigenvalue weighted by molar-refractivity contribution is 0.182. The molecule has 0 spiro atoms. The zero-order valence-electron chi connectivity index (χ0n) is 10.6. The molecule has 4 heteroatoms. The number of hydrogen-bond acceptors (Lipinski definition) is 3. The summed E-state index contributed by atoms with van der Waals surface area (Å²) in [6.45, 7) is 3.19. The fourth-order valence-corrected chi connectivity index (χ4v) is 2.06. The van der Waals surface area contributed by atoms with E-state index >= 15 is 0 Å². The fraction of sp³-hybridized carbons (Fsp3) is 0.357. The van der Waals surface area contributed by atoms with Crippen LogP contribution in [0.25, 0.3) is 10.9 Å². The van der Waals surface area contributed by atoms with Crippen LogP contribution in [0.5, 0.6) is 5.75 Å². The van der Waals surface area contributed by atoms with E-state index in [9.17, 15) is 0 Å². The maximum Gasteiger partial charge on any atom is 0.145 e. The van der Waals surface area contributed by atoms with Crippen molar-refractivity contribution < 1.29 is 9.47 Å². The molecule has 2 aromatic rings. The molecule has 3 nitrogen and oxygen atoms in total. The van der Waals surface area contributed by atoms with Crippen LogP contribution in [-0.2, 0) is 11.3 Å². The van der Waals surface area contributed by atoms with Crippen LogP contribution in [0.4, 0.5) is 0 Å². The van der Waals surface area contributed by atoms with Crippen LogP contribution in [0.3, 0.4) is 0 Å². The Morgan fingerprint density at radius 2 is 2.17 bits per heavy atom. The molecule has 0 aliphatic heterocycles. The van der Waals surface area contributed by atoms with Crippen molar-refractivity contribution >= 4 is 22.5 Å². The Labute approximate surface area is 112 Å². The second kappa shape index (κ2) is 6.03. The van der Waals surface area contributed by atoms with Crippen LogP contribution in [0.1, 0.15) is 19.0 Å².